The quantitative estimate of drug-likeness (QED) is 0.492. The van der Waals surface area contributed by atoms with E-state index in [1.807, 2.05) is 0 Å². The van der Waals surface area contributed by atoms with Crippen molar-refractivity contribution in [2.75, 3.05) is 5.75 Å². The summed E-state index contributed by atoms with van der Waals surface area (Å²) < 4.78 is 0. The van der Waals surface area contributed by atoms with Gasteiger partial charge in [0.05, 0.1) is 5.37 Å². The Labute approximate surface area is 54.0 Å². The molecule has 2 atom stereocenters. The largest absolute Gasteiger partial charge is 0.327 e. The molecule has 0 bridgehead atoms. The van der Waals surface area contributed by atoms with Crippen LogP contribution in [-0.4, -0.2) is 17.2 Å². The monoisotopic (exact) mass is 132 g/mol. The van der Waals surface area contributed by atoms with Crippen LogP contribution >= 0.6 is 11.8 Å². The van der Waals surface area contributed by atoms with E-state index in [-0.39, 0.29) is 0 Å². The van der Waals surface area contributed by atoms with Crippen LogP contribution in [0.25, 0.3) is 0 Å². The molecule has 1 fully saturated rings. The van der Waals surface area contributed by atoms with E-state index < -0.39 is 0 Å². The van der Waals surface area contributed by atoms with E-state index in [0.29, 0.717) is 11.4 Å². The molecule has 0 aromatic heterocycles. The highest BCUT2D eigenvalue weighted by Gasteiger charge is 2.14. The first-order chi connectivity index (χ1) is 3.79. The Kier molecular flexibility index (Phi) is 2.16. The average Bonchev–Trinajstić information content (AvgIpc) is 1.77. The second kappa shape index (κ2) is 2.71. The van der Waals surface area contributed by atoms with Gasteiger partial charge in [-0.2, -0.15) is 0 Å². The summed E-state index contributed by atoms with van der Waals surface area (Å²) in [6.45, 7) is 0. The number of rotatable bonds is 0. The minimum absolute atomic E-state index is 0.356. The predicted octanol–water partition coefficient (Wildman–Crippen LogP) is 0.125. The number of nitrogens with two attached hydrogens (primary N) is 2. The summed E-state index contributed by atoms with van der Waals surface area (Å²) in [5, 5.41) is 0.356. The number of hydrogen-bond acceptors (Lipinski definition) is 3. The summed E-state index contributed by atoms with van der Waals surface area (Å²) in [5.41, 5.74) is 11.2. The zero-order valence-corrected chi connectivity index (χ0v) is 5.66. The maximum absolute atomic E-state index is 5.62. The molecule has 1 aliphatic rings. The lowest BCUT2D eigenvalue weighted by Crippen LogP contribution is -2.33. The standard InChI is InChI=1S/C5H12N2S/c6-4-1-2-5(7)8-3-4/h4-5H,1-3,6-7H2. The maximum Gasteiger partial charge on any atom is 0.0508 e. The zero-order chi connectivity index (χ0) is 5.98. The van der Waals surface area contributed by atoms with E-state index in [9.17, 15) is 0 Å². The van der Waals surface area contributed by atoms with E-state index in [4.69, 9.17) is 11.5 Å². The SMILES string of the molecule is NC1CCC(N)SC1. The average molecular weight is 132 g/mol. The fourth-order valence-electron chi connectivity index (χ4n) is 0.792. The van der Waals surface area contributed by atoms with Gasteiger partial charge in [0.2, 0.25) is 0 Å². The Morgan fingerprint density at radius 3 is 2.38 bits per heavy atom. The third-order valence-electron chi connectivity index (χ3n) is 1.35. The Hall–Kier alpha value is 0.270. The molecule has 0 aromatic carbocycles. The van der Waals surface area contributed by atoms with E-state index in [0.717, 1.165) is 18.6 Å². The molecular weight excluding hydrogens is 120 g/mol. The van der Waals surface area contributed by atoms with Crippen molar-refractivity contribution >= 4 is 11.8 Å². The lowest BCUT2D eigenvalue weighted by atomic mass is 10.2. The van der Waals surface area contributed by atoms with Crippen LogP contribution in [0.5, 0.6) is 0 Å². The van der Waals surface area contributed by atoms with Crippen LogP contribution in [0.4, 0.5) is 0 Å². The van der Waals surface area contributed by atoms with Crippen molar-refractivity contribution < 1.29 is 0 Å². The Bertz CT molecular complexity index is 58.8. The molecule has 4 N–H and O–H groups in total. The van der Waals surface area contributed by atoms with Gasteiger partial charge in [-0.05, 0) is 12.8 Å². The van der Waals surface area contributed by atoms with Gasteiger partial charge < -0.3 is 11.5 Å². The van der Waals surface area contributed by atoms with Gasteiger partial charge in [-0.25, -0.2) is 0 Å². The Balaban J connectivity index is 2.19. The minimum atomic E-state index is 0.356. The van der Waals surface area contributed by atoms with E-state index in [2.05, 4.69) is 0 Å². The van der Waals surface area contributed by atoms with Crippen LogP contribution in [0.15, 0.2) is 0 Å². The second-order valence-corrected chi connectivity index (χ2v) is 3.48. The van der Waals surface area contributed by atoms with Gasteiger partial charge in [-0.1, -0.05) is 0 Å². The molecule has 2 unspecified atom stereocenters. The van der Waals surface area contributed by atoms with Gasteiger partial charge in [0, 0.05) is 11.8 Å². The van der Waals surface area contributed by atoms with E-state index >= 15 is 0 Å². The summed E-state index contributed by atoms with van der Waals surface area (Å²) >= 11 is 1.78. The first kappa shape index (κ1) is 6.39. The van der Waals surface area contributed by atoms with Gasteiger partial charge in [-0.3, -0.25) is 0 Å². The molecule has 0 amide bonds. The smallest absolute Gasteiger partial charge is 0.0508 e. The highest BCUT2D eigenvalue weighted by molar-refractivity contribution is 7.99. The zero-order valence-electron chi connectivity index (χ0n) is 4.84. The van der Waals surface area contributed by atoms with Gasteiger partial charge >= 0.3 is 0 Å². The predicted molar refractivity (Wildman–Crippen MR) is 37.6 cm³/mol. The fourth-order valence-corrected chi connectivity index (χ4v) is 1.76. The molecule has 0 aromatic rings. The molecule has 1 saturated heterocycles. The van der Waals surface area contributed by atoms with E-state index in [1.54, 1.807) is 11.8 Å². The van der Waals surface area contributed by atoms with Crippen molar-refractivity contribution in [3.63, 3.8) is 0 Å². The van der Waals surface area contributed by atoms with Crippen molar-refractivity contribution in [1.82, 2.24) is 0 Å². The molecule has 1 rings (SSSR count). The molecule has 1 aliphatic heterocycles. The first-order valence-corrected chi connectivity index (χ1v) is 3.96. The summed E-state index contributed by atoms with van der Waals surface area (Å²) in [5.74, 6) is 1.04. The molecule has 0 spiro atoms. The summed E-state index contributed by atoms with van der Waals surface area (Å²) in [7, 11) is 0. The van der Waals surface area contributed by atoms with Crippen LogP contribution < -0.4 is 11.5 Å². The molecule has 3 heteroatoms. The van der Waals surface area contributed by atoms with Crippen molar-refractivity contribution in [1.29, 1.82) is 0 Å². The van der Waals surface area contributed by atoms with Crippen molar-refractivity contribution in [2.45, 2.75) is 24.3 Å². The third-order valence-corrected chi connectivity index (χ3v) is 2.63. The molecule has 2 nitrogen and oxygen atoms in total. The van der Waals surface area contributed by atoms with Gasteiger partial charge in [0.1, 0.15) is 0 Å². The normalized spacial score (nSPS) is 39.8. The Morgan fingerprint density at radius 1 is 1.25 bits per heavy atom. The summed E-state index contributed by atoms with van der Waals surface area (Å²) in [4.78, 5) is 0. The summed E-state index contributed by atoms with van der Waals surface area (Å²) in [6, 6.07) is 0.403. The highest BCUT2D eigenvalue weighted by Crippen LogP contribution is 2.19. The molecule has 48 valence electrons. The van der Waals surface area contributed by atoms with Gasteiger partial charge in [0.25, 0.3) is 0 Å². The topological polar surface area (TPSA) is 52.0 Å². The second-order valence-electron chi connectivity index (χ2n) is 2.21. The van der Waals surface area contributed by atoms with Crippen molar-refractivity contribution in [3.05, 3.63) is 0 Å². The Morgan fingerprint density at radius 2 is 2.00 bits per heavy atom. The van der Waals surface area contributed by atoms with Crippen LogP contribution in [0.2, 0.25) is 0 Å². The minimum Gasteiger partial charge on any atom is -0.327 e. The fraction of sp³-hybridized carbons (Fsp3) is 1.00. The molecule has 1 heterocycles. The van der Waals surface area contributed by atoms with Crippen LogP contribution in [0.3, 0.4) is 0 Å². The molecular formula is C5H12N2S. The van der Waals surface area contributed by atoms with Crippen molar-refractivity contribution in [3.8, 4) is 0 Å². The van der Waals surface area contributed by atoms with Crippen LogP contribution in [0, 0.1) is 0 Å². The van der Waals surface area contributed by atoms with Crippen LogP contribution in [0.1, 0.15) is 12.8 Å². The maximum atomic E-state index is 5.62. The van der Waals surface area contributed by atoms with Gasteiger partial charge in [0.15, 0.2) is 0 Å². The van der Waals surface area contributed by atoms with Gasteiger partial charge in [-0.15, -0.1) is 11.8 Å². The molecule has 0 radical (unpaired) electrons. The van der Waals surface area contributed by atoms with E-state index in [1.165, 1.54) is 0 Å². The molecule has 0 saturated carbocycles. The first-order valence-electron chi connectivity index (χ1n) is 2.92. The lowest BCUT2D eigenvalue weighted by Gasteiger charge is -2.21. The lowest BCUT2D eigenvalue weighted by molar-refractivity contribution is 0.599. The number of thioether (sulfide) groups is 1. The molecule has 0 aliphatic carbocycles. The molecule has 8 heavy (non-hydrogen) atoms. The summed E-state index contributed by atoms with van der Waals surface area (Å²) in [6.07, 6.45) is 2.19. The third kappa shape index (κ3) is 1.65. The highest BCUT2D eigenvalue weighted by atomic mass is 32.2. The van der Waals surface area contributed by atoms with Crippen molar-refractivity contribution in [2.24, 2.45) is 11.5 Å². The van der Waals surface area contributed by atoms with Crippen LogP contribution in [-0.2, 0) is 0 Å². The number of hydrogen-bond donors (Lipinski definition) is 2.